The third-order valence-electron chi connectivity index (χ3n) is 3.40. The molecule has 0 saturated heterocycles. The first-order valence-electron chi connectivity index (χ1n) is 7.75. The van der Waals surface area contributed by atoms with Crippen molar-refractivity contribution in [1.29, 1.82) is 0 Å². The van der Waals surface area contributed by atoms with Crippen molar-refractivity contribution in [2.45, 2.75) is 26.1 Å². The van der Waals surface area contributed by atoms with Gasteiger partial charge < -0.3 is 14.6 Å². The predicted octanol–water partition coefficient (Wildman–Crippen LogP) is 3.19. The fraction of sp³-hybridized carbons (Fsp3) is 0.222. The Labute approximate surface area is 149 Å². The zero-order valence-corrected chi connectivity index (χ0v) is 14.0. The number of carbonyl (C=O) groups excluding carboxylic acids is 1. The van der Waals surface area contributed by atoms with E-state index in [1.54, 1.807) is 24.3 Å². The van der Waals surface area contributed by atoms with Crippen LogP contribution in [0.15, 0.2) is 48.5 Å². The summed E-state index contributed by atoms with van der Waals surface area (Å²) in [5, 5.41) is 20.1. The summed E-state index contributed by atoms with van der Waals surface area (Å²) in [7, 11) is 0. The number of ether oxygens (including phenoxy) is 2. The highest BCUT2D eigenvalue weighted by molar-refractivity contribution is 5.94. The fourth-order valence-corrected chi connectivity index (χ4v) is 2.24. The number of aliphatic carboxylic acids is 1. The summed E-state index contributed by atoms with van der Waals surface area (Å²) >= 11 is 0. The summed E-state index contributed by atoms with van der Waals surface area (Å²) in [5.74, 6) is -2.22. The minimum absolute atomic E-state index is 0.00746. The molecule has 2 rings (SSSR count). The van der Waals surface area contributed by atoms with E-state index >= 15 is 0 Å². The molecule has 1 atom stereocenters. The molecule has 2 aromatic carbocycles. The average molecular weight is 359 g/mol. The monoisotopic (exact) mass is 359 g/mol. The van der Waals surface area contributed by atoms with E-state index in [1.807, 2.05) is 6.07 Å². The molecule has 0 spiro atoms. The maximum Gasteiger partial charge on any atom is 0.342 e. The quantitative estimate of drug-likeness (QED) is 0.437. The molecule has 0 amide bonds. The number of esters is 1. The van der Waals surface area contributed by atoms with Gasteiger partial charge in [0.15, 0.2) is 0 Å². The maximum atomic E-state index is 12.4. The lowest BCUT2D eigenvalue weighted by atomic mass is 10.1. The highest BCUT2D eigenvalue weighted by atomic mass is 16.6. The molecule has 26 heavy (non-hydrogen) atoms. The van der Waals surface area contributed by atoms with Crippen LogP contribution < -0.4 is 4.74 Å². The van der Waals surface area contributed by atoms with Gasteiger partial charge in [-0.1, -0.05) is 36.4 Å². The number of carboxylic acids is 1. The van der Waals surface area contributed by atoms with Gasteiger partial charge in [0.05, 0.1) is 11.3 Å². The molecule has 0 saturated carbocycles. The molecular formula is C18H17NO7. The standard InChI is InChI=1S/C18H17NO7/c1-12(10-16(20)21)26-17-14(8-5-9-15(17)19(23)24)18(22)25-11-13-6-3-2-4-7-13/h2-9,12H,10-11H2,1H3,(H,20,21). The van der Waals surface area contributed by atoms with Crippen LogP contribution in [0, 0.1) is 10.1 Å². The van der Waals surface area contributed by atoms with Crippen LogP contribution in [0.5, 0.6) is 5.75 Å². The Hall–Kier alpha value is -3.42. The van der Waals surface area contributed by atoms with E-state index in [-0.39, 0.29) is 24.3 Å². The third kappa shape index (κ3) is 5.04. The van der Waals surface area contributed by atoms with Crippen LogP contribution in [-0.4, -0.2) is 28.1 Å². The maximum absolute atomic E-state index is 12.4. The van der Waals surface area contributed by atoms with E-state index in [9.17, 15) is 19.7 Å². The number of hydrogen-bond acceptors (Lipinski definition) is 6. The van der Waals surface area contributed by atoms with Gasteiger partial charge in [0, 0.05) is 6.07 Å². The van der Waals surface area contributed by atoms with Gasteiger partial charge in [-0.05, 0) is 18.6 Å². The molecule has 0 bridgehead atoms. The SMILES string of the molecule is CC(CC(=O)O)Oc1c(C(=O)OCc2ccccc2)cccc1[N+](=O)[O-]. The lowest BCUT2D eigenvalue weighted by molar-refractivity contribution is -0.386. The van der Waals surface area contributed by atoms with Crippen LogP contribution in [0.25, 0.3) is 0 Å². The molecule has 0 aliphatic rings. The molecule has 0 fully saturated rings. The minimum atomic E-state index is -1.12. The first kappa shape index (κ1) is 18.9. The van der Waals surface area contributed by atoms with Crippen molar-refractivity contribution in [1.82, 2.24) is 0 Å². The topological polar surface area (TPSA) is 116 Å². The highest BCUT2D eigenvalue weighted by Crippen LogP contribution is 2.32. The Kier molecular flexibility index (Phi) is 6.26. The number of nitro benzene ring substituents is 1. The number of nitrogens with zero attached hydrogens (tertiary/aromatic N) is 1. The zero-order valence-electron chi connectivity index (χ0n) is 14.0. The van der Waals surface area contributed by atoms with Gasteiger partial charge >= 0.3 is 17.6 Å². The van der Waals surface area contributed by atoms with Crippen molar-refractivity contribution in [3.63, 3.8) is 0 Å². The average Bonchev–Trinajstić information content (AvgIpc) is 2.59. The van der Waals surface area contributed by atoms with Gasteiger partial charge in [-0.2, -0.15) is 0 Å². The van der Waals surface area contributed by atoms with E-state index in [0.29, 0.717) is 0 Å². The van der Waals surface area contributed by atoms with E-state index in [0.717, 1.165) is 5.56 Å². The van der Waals surface area contributed by atoms with Crippen LogP contribution in [0.1, 0.15) is 29.3 Å². The normalized spacial score (nSPS) is 11.4. The van der Waals surface area contributed by atoms with Gasteiger partial charge in [-0.3, -0.25) is 14.9 Å². The first-order chi connectivity index (χ1) is 12.4. The number of para-hydroxylation sites is 1. The molecule has 0 radical (unpaired) electrons. The van der Waals surface area contributed by atoms with Crippen LogP contribution in [0.2, 0.25) is 0 Å². The number of carbonyl (C=O) groups is 2. The summed E-state index contributed by atoms with van der Waals surface area (Å²) in [6.45, 7) is 1.44. The third-order valence-corrected chi connectivity index (χ3v) is 3.40. The lowest BCUT2D eigenvalue weighted by Crippen LogP contribution is -2.19. The molecule has 1 N–H and O–H groups in total. The lowest BCUT2D eigenvalue weighted by Gasteiger charge is -2.15. The summed E-state index contributed by atoms with van der Waals surface area (Å²) in [4.78, 5) is 33.7. The number of nitro groups is 1. The minimum Gasteiger partial charge on any atom is -0.483 e. The van der Waals surface area contributed by atoms with Gasteiger partial charge in [0.25, 0.3) is 0 Å². The van der Waals surface area contributed by atoms with Crippen molar-refractivity contribution >= 4 is 17.6 Å². The van der Waals surface area contributed by atoms with Crippen molar-refractivity contribution in [2.75, 3.05) is 0 Å². The van der Waals surface area contributed by atoms with Gasteiger partial charge in [0.1, 0.15) is 18.3 Å². The van der Waals surface area contributed by atoms with Crippen LogP contribution in [0.3, 0.4) is 0 Å². The molecule has 0 aliphatic heterocycles. The Balaban J connectivity index is 2.25. The highest BCUT2D eigenvalue weighted by Gasteiger charge is 2.26. The molecule has 8 heteroatoms. The second-order valence-electron chi connectivity index (χ2n) is 5.50. The molecule has 136 valence electrons. The fourth-order valence-electron chi connectivity index (χ4n) is 2.24. The van der Waals surface area contributed by atoms with Gasteiger partial charge in [0.2, 0.25) is 5.75 Å². The Morgan fingerprint density at radius 2 is 1.85 bits per heavy atom. The smallest absolute Gasteiger partial charge is 0.342 e. The van der Waals surface area contributed by atoms with Crippen molar-refractivity contribution in [3.8, 4) is 5.75 Å². The van der Waals surface area contributed by atoms with Crippen molar-refractivity contribution in [3.05, 3.63) is 69.8 Å². The molecule has 0 heterocycles. The summed E-state index contributed by atoms with van der Waals surface area (Å²) < 4.78 is 10.6. The Morgan fingerprint density at radius 1 is 1.15 bits per heavy atom. The summed E-state index contributed by atoms with van der Waals surface area (Å²) in [5.41, 5.74) is 0.191. The molecule has 0 aliphatic carbocycles. The number of carboxylic acid groups (broad SMARTS) is 1. The molecule has 2 aromatic rings. The summed E-state index contributed by atoms with van der Waals surface area (Å²) in [6.07, 6.45) is -1.24. The van der Waals surface area contributed by atoms with E-state index in [4.69, 9.17) is 14.6 Å². The summed E-state index contributed by atoms with van der Waals surface area (Å²) in [6, 6.07) is 12.8. The van der Waals surface area contributed by atoms with Crippen LogP contribution in [0.4, 0.5) is 5.69 Å². The van der Waals surface area contributed by atoms with E-state index in [1.165, 1.54) is 25.1 Å². The number of rotatable bonds is 8. The molecule has 1 unspecified atom stereocenters. The second kappa shape index (κ2) is 8.61. The van der Waals surface area contributed by atoms with E-state index < -0.39 is 28.7 Å². The van der Waals surface area contributed by atoms with Gasteiger partial charge in [-0.15, -0.1) is 0 Å². The van der Waals surface area contributed by atoms with Gasteiger partial charge in [-0.25, -0.2) is 4.79 Å². The first-order valence-corrected chi connectivity index (χ1v) is 7.75. The molecule has 0 aromatic heterocycles. The Morgan fingerprint density at radius 3 is 2.46 bits per heavy atom. The van der Waals surface area contributed by atoms with Crippen LogP contribution in [-0.2, 0) is 16.1 Å². The molecular weight excluding hydrogens is 342 g/mol. The van der Waals surface area contributed by atoms with E-state index in [2.05, 4.69) is 0 Å². The Bertz CT molecular complexity index is 804. The molecule has 8 nitrogen and oxygen atoms in total. The zero-order chi connectivity index (χ0) is 19.1. The van der Waals surface area contributed by atoms with Crippen molar-refractivity contribution < 1.29 is 29.1 Å². The number of hydrogen-bond donors (Lipinski definition) is 1. The predicted molar refractivity (Wildman–Crippen MR) is 91.0 cm³/mol. The van der Waals surface area contributed by atoms with Crippen LogP contribution >= 0.6 is 0 Å². The largest absolute Gasteiger partial charge is 0.483 e. The number of benzene rings is 2. The second-order valence-corrected chi connectivity index (χ2v) is 5.50. The van der Waals surface area contributed by atoms with Crippen molar-refractivity contribution in [2.24, 2.45) is 0 Å².